The van der Waals surface area contributed by atoms with Crippen LogP contribution in [0.15, 0.2) is 78.9 Å². The van der Waals surface area contributed by atoms with Crippen molar-refractivity contribution in [3.8, 4) is 0 Å². The van der Waals surface area contributed by atoms with Crippen molar-refractivity contribution in [1.29, 1.82) is 0 Å². The second-order valence-electron chi connectivity index (χ2n) is 5.96. The van der Waals surface area contributed by atoms with E-state index in [1.165, 1.54) is 0 Å². The van der Waals surface area contributed by atoms with Crippen molar-refractivity contribution in [2.24, 2.45) is 0 Å². The van der Waals surface area contributed by atoms with Crippen molar-refractivity contribution in [2.45, 2.75) is 6.54 Å². The van der Waals surface area contributed by atoms with E-state index in [-0.39, 0.29) is 5.91 Å². The summed E-state index contributed by atoms with van der Waals surface area (Å²) in [6, 6.07) is 24.7. The zero-order valence-electron chi connectivity index (χ0n) is 13.9. The minimum atomic E-state index is -0.216. The van der Waals surface area contributed by atoms with Crippen molar-refractivity contribution in [2.75, 3.05) is 5.32 Å². The fourth-order valence-electron chi connectivity index (χ4n) is 2.87. The molecule has 0 aliphatic rings. The van der Waals surface area contributed by atoms with Gasteiger partial charge in [0.05, 0.1) is 17.6 Å². The first-order valence-corrected chi connectivity index (χ1v) is 8.64. The third-order valence-electron chi connectivity index (χ3n) is 4.17. The molecule has 0 radical (unpaired) electrons. The first-order valence-electron chi connectivity index (χ1n) is 8.27. The van der Waals surface area contributed by atoms with Crippen LogP contribution in [0.1, 0.15) is 15.9 Å². The highest BCUT2D eigenvalue weighted by molar-refractivity contribution is 6.30. The number of benzene rings is 3. The first-order chi connectivity index (χ1) is 12.7. The van der Waals surface area contributed by atoms with Crippen LogP contribution in [0.3, 0.4) is 0 Å². The molecule has 0 atom stereocenters. The molecule has 5 heteroatoms. The molecule has 0 bridgehead atoms. The Labute approximate surface area is 156 Å². The molecule has 1 heterocycles. The molecular weight excluding hydrogens is 346 g/mol. The summed E-state index contributed by atoms with van der Waals surface area (Å²) in [6.45, 7) is 0.623. The van der Waals surface area contributed by atoms with Gasteiger partial charge in [0.1, 0.15) is 0 Å². The Kier molecular flexibility index (Phi) is 4.42. The number of carbonyl (C=O) groups excluding carboxylic acids is 1. The summed E-state index contributed by atoms with van der Waals surface area (Å²) in [7, 11) is 0. The molecule has 0 aliphatic heterocycles. The molecule has 0 unspecified atom stereocenters. The van der Waals surface area contributed by atoms with Gasteiger partial charge in [-0.3, -0.25) is 10.1 Å². The summed E-state index contributed by atoms with van der Waals surface area (Å²) in [4.78, 5) is 17.2. The summed E-state index contributed by atoms with van der Waals surface area (Å²) < 4.78 is 2.01. The Morgan fingerprint density at radius 2 is 1.62 bits per heavy atom. The van der Waals surface area contributed by atoms with Gasteiger partial charge in [0.15, 0.2) is 0 Å². The number of amides is 1. The van der Waals surface area contributed by atoms with E-state index < -0.39 is 0 Å². The lowest BCUT2D eigenvalue weighted by atomic mass is 10.2. The van der Waals surface area contributed by atoms with Gasteiger partial charge in [-0.15, -0.1) is 0 Å². The molecule has 1 aromatic heterocycles. The zero-order chi connectivity index (χ0) is 17.9. The van der Waals surface area contributed by atoms with E-state index in [2.05, 4.69) is 22.4 Å². The molecule has 128 valence electrons. The Hall–Kier alpha value is -3.11. The normalized spacial score (nSPS) is 10.8. The van der Waals surface area contributed by atoms with E-state index >= 15 is 0 Å². The highest BCUT2D eigenvalue weighted by Crippen LogP contribution is 2.22. The van der Waals surface area contributed by atoms with Gasteiger partial charge in [-0.25, -0.2) is 4.98 Å². The number of nitrogens with zero attached hydrogens (tertiary/aromatic N) is 2. The number of halogens is 1. The van der Waals surface area contributed by atoms with Gasteiger partial charge in [0, 0.05) is 10.6 Å². The third kappa shape index (κ3) is 3.32. The lowest BCUT2D eigenvalue weighted by Crippen LogP contribution is -2.16. The van der Waals surface area contributed by atoms with Gasteiger partial charge in [0.2, 0.25) is 5.95 Å². The molecule has 4 aromatic rings. The summed E-state index contributed by atoms with van der Waals surface area (Å²) in [6.07, 6.45) is 0. The monoisotopic (exact) mass is 361 g/mol. The summed E-state index contributed by atoms with van der Waals surface area (Å²) in [5.74, 6) is 0.307. The number of fused-ring (bicyclic) bond motifs is 1. The van der Waals surface area contributed by atoms with E-state index in [1.54, 1.807) is 24.3 Å². The molecule has 0 aliphatic carbocycles. The minimum absolute atomic E-state index is 0.216. The Morgan fingerprint density at radius 1 is 0.923 bits per heavy atom. The molecule has 0 saturated carbocycles. The second-order valence-corrected chi connectivity index (χ2v) is 6.39. The number of anilines is 1. The van der Waals surface area contributed by atoms with Gasteiger partial charge in [-0.05, 0) is 42.0 Å². The predicted octanol–water partition coefficient (Wildman–Crippen LogP) is 4.99. The summed E-state index contributed by atoms with van der Waals surface area (Å²) >= 11 is 5.90. The number of rotatable bonds is 4. The maximum absolute atomic E-state index is 12.6. The Morgan fingerprint density at radius 3 is 2.38 bits per heavy atom. The number of nitrogens with one attached hydrogen (secondary N) is 1. The van der Waals surface area contributed by atoms with Gasteiger partial charge in [-0.1, -0.05) is 54.1 Å². The van der Waals surface area contributed by atoms with Crippen LogP contribution in [-0.4, -0.2) is 15.5 Å². The molecule has 0 saturated heterocycles. The number of imidazole rings is 1. The van der Waals surface area contributed by atoms with Crippen LogP contribution in [0.4, 0.5) is 5.95 Å². The SMILES string of the molecule is O=C(Nc1nc2ccccc2n1Cc1ccccc1)c1ccc(Cl)cc1. The summed E-state index contributed by atoms with van der Waals surface area (Å²) in [5, 5.41) is 3.52. The van der Waals surface area contributed by atoms with E-state index in [0.717, 1.165) is 16.6 Å². The standard InChI is InChI=1S/C21H16ClN3O/c22-17-12-10-16(11-13-17)20(26)24-21-23-18-8-4-5-9-19(18)25(21)14-15-6-2-1-3-7-15/h1-13H,14H2,(H,23,24,26). The molecular formula is C21H16ClN3O. The number of carbonyl (C=O) groups is 1. The van der Waals surface area contributed by atoms with E-state index in [1.807, 2.05) is 47.0 Å². The third-order valence-corrected chi connectivity index (χ3v) is 4.42. The van der Waals surface area contributed by atoms with E-state index in [4.69, 9.17) is 11.6 Å². The van der Waals surface area contributed by atoms with Crippen LogP contribution in [0.25, 0.3) is 11.0 Å². The number of para-hydroxylation sites is 2. The molecule has 3 aromatic carbocycles. The largest absolute Gasteiger partial charge is 0.305 e. The molecule has 1 N–H and O–H groups in total. The van der Waals surface area contributed by atoms with Crippen LogP contribution in [0, 0.1) is 0 Å². The zero-order valence-corrected chi connectivity index (χ0v) is 14.6. The maximum atomic E-state index is 12.6. The van der Waals surface area contributed by atoms with E-state index in [9.17, 15) is 4.79 Å². The van der Waals surface area contributed by atoms with Gasteiger partial charge in [-0.2, -0.15) is 0 Å². The average molecular weight is 362 g/mol. The van der Waals surface area contributed by atoms with Crippen LogP contribution in [-0.2, 0) is 6.54 Å². The van der Waals surface area contributed by atoms with E-state index in [0.29, 0.717) is 23.1 Å². The van der Waals surface area contributed by atoms with Gasteiger partial charge in [0.25, 0.3) is 5.91 Å². The highest BCUT2D eigenvalue weighted by Gasteiger charge is 2.14. The molecule has 4 rings (SSSR count). The highest BCUT2D eigenvalue weighted by atomic mass is 35.5. The van der Waals surface area contributed by atoms with Crippen LogP contribution in [0.2, 0.25) is 5.02 Å². The lowest BCUT2D eigenvalue weighted by Gasteiger charge is -2.10. The van der Waals surface area contributed by atoms with Crippen molar-refractivity contribution in [1.82, 2.24) is 9.55 Å². The first kappa shape index (κ1) is 16.4. The van der Waals surface area contributed by atoms with Crippen molar-refractivity contribution >= 4 is 34.5 Å². The average Bonchev–Trinajstić information content (AvgIpc) is 3.00. The second kappa shape index (κ2) is 7.02. The van der Waals surface area contributed by atoms with Gasteiger partial charge < -0.3 is 4.57 Å². The van der Waals surface area contributed by atoms with Crippen molar-refractivity contribution in [3.05, 3.63) is 95.0 Å². The van der Waals surface area contributed by atoms with Crippen LogP contribution >= 0.6 is 11.6 Å². The topological polar surface area (TPSA) is 46.9 Å². The van der Waals surface area contributed by atoms with Crippen LogP contribution < -0.4 is 5.32 Å². The number of hydrogen-bond acceptors (Lipinski definition) is 2. The fourth-order valence-corrected chi connectivity index (χ4v) is 3.00. The van der Waals surface area contributed by atoms with Crippen molar-refractivity contribution < 1.29 is 4.79 Å². The van der Waals surface area contributed by atoms with Gasteiger partial charge >= 0.3 is 0 Å². The Balaban J connectivity index is 1.70. The molecule has 4 nitrogen and oxygen atoms in total. The predicted molar refractivity (Wildman–Crippen MR) is 105 cm³/mol. The Bertz CT molecular complexity index is 1060. The molecule has 26 heavy (non-hydrogen) atoms. The molecule has 1 amide bonds. The minimum Gasteiger partial charge on any atom is -0.305 e. The molecule has 0 spiro atoms. The summed E-state index contributed by atoms with van der Waals surface area (Å²) in [5.41, 5.74) is 3.49. The number of aromatic nitrogens is 2. The van der Waals surface area contributed by atoms with Crippen molar-refractivity contribution in [3.63, 3.8) is 0 Å². The van der Waals surface area contributed by atoms with Crippen LogP contribution in [0.5, 0.6) is 0 Å². The lowest BCUT2D eigenvalue weighted by molar-refractivity contribution is 0.102. The smallest absolute Gasteiger partial charge is 0.257 e. The number of hydrogen-bond donors (Lipinski definition) is 1. The fraction of sp³-hybridized carbons (Fsp3) is 0.0476. The maximum Gasteiger partial charge on any atom is 0.257 e. The quantitative estimate of drug-likeness (QED) is 0.556. The molecule has 0 fully saturated rings.